The zero-order valence-electron chi connectivity index (χ0n) is 14.0. The van der Waals surface area contributed by atoms with E-state index in [1.54, 1.807) is 0 Å². The number of carbonyl (C=O) groups is 1. The van der Waals surface area contributed by atoms with Crippen molar-refractivity contribution in [2.45, 2.75) is 23.7 Å². The maximum absolute atomic E-state index is 12.8. The number of hydrogen-bond donors (Lipinski definition) is 0. The molecular weight excluding hydrogens is 412 g/mol. The molecule has 0 aliphatic rings. The van der Waals surface area contributed by atoms with Gasteiger partial charge in [-0.3, -0.25) is 9.10 Å². The van der Waals surface area contributed by atoms with Crippen molar-refractivity contribution < 1.29 is 39.6 Å². The third-order valence-corrected chi connectivity index (χ3v) is 5.42. The molecular formula is C17H13F6NO3S. The molecule has 28 heavy (non-hydrogen) atoms. The Bertz CT molecular complexity index is 939. The molecule has 0 amide bonds. The molecule has 2 aromatic rings. The third-order valence-electron chi connectivity index (χ3n) is 3.58. The van der Waals surface area contributed by atoms with Crippen molar-refractivity contribution in [3.63, 3.8) is 0 Å². The molecule has 0 saturated carbocycles. The van der Waals surface area contributed by atoms with Crippen molar-refractivity contribution in [3.05, 3.63) is 60.2 Å². The number of alkyl halides is 6. The van der Waals surface area contributed by atoms with Crippen LogP contribution in [0.5, 0.6) is 0 Å². The van der Waals surface area contributed by atoms with Crippen LogP contribution in [-0.2, 0) is 10.0 Å². The average molecular weight is 425 g/mol. The Morgan fingerprint density at radius 1 is 0.893 bits per heavy atom. The zero-order valence-corrected chi connectivity index (χ0v) is 14.8. The highest BCUT2D eigenvalue weighted by Crippen LogP contribution is 2.30. The van der Waals surface area contributed by atoms with Gasteiger partial charge in [-0.1, -0.05) is 30.3 Å². The van der Waals surface area contributed by atoms with Gasteiger partial charge >= 0.3 is 12.4 Å². The predicted octanol–water partition coefficient (Wildman–Crippen LogP) is 4.58. The molecule has 0 aromatic heterocycles. The third kappa shape index (κ3) is 5.24. The first-order valence-electron chi connectivity index (χ1n) is 7.68. The van der Waals surface area contributed by atoms with Gasteiger partial charge in [0, 0.05) is 12.1 Å². The Labute approximate surface area is 156 Å². The summed E-state index contributed by atoms with van der Waals surface area (Å²) in [6.45, 7) is -1.07. The Morgan fingerprint density at radius 3 is 2.04 bits per heavy atom. The second-order valence-corrected chi connectivity index (χ2v) is 7.49. The average Bonchev–Trinajstić information content (AvgIpc) is 2.60. The fraction of sp³-hybridized carbons (Fsp3) is 0.235. The zero-order chi connectivity index (χ0) is 21.2. The van der Waals surface area contributed by atoms with Gasteiger partial charge in [-0.15, -0.1) is 0 Å². The molecule has 0 saturated heterocycles. The topological polar surface area (TPSA) is 54.5 Å². The first kappa shape index (κ1) is 21.7. The highest BCUT2D eigenvalue weighted by Gasteiger charge is 2.40. The first-order valence-corrected chi connectivity index (χ1v) is 9.12. The molecule has 0 N–H and O–H groups in total. The standard InChI is InChI=1S/C17H13F6NO3S/c18-16(19,20)9-10-24(28(26,27)14-7-2-1-3-8-14)13-6-4-5-12(11-13)15(25)17(21,22)23/h1-8,11H,9-10H2. The van der Waals surface area contributed by atoms with Gasteiger partial charge in [0.05, 0.1) is 17.0 Å². The minimum atomic E-state index is -5.21. The molecule has 11 heteroatoms. The van der Waals surface area contributed by atoms with Crippen LogP contribution in [0.4, 0.5) is 32.0 Å². The normalized spacial score (nSPS) is 12.6. The number of rotatable bonds is 6. The fourth-order valence-corrected chi connectivity index (χ4v) is 3.78. The van der Waals surface area contributed by atoms with Crippen LogP contribution in [0.25, 0.3) is 0 Å². The summed E-state index contributed by atoms with van der Waals surface area (Å²) in [4.78, 5) is 11.1. The number of benzene rings is 2. The fourth-order valence-electron chi connectivity index (χ4n) is 2.30. The van der Waals surface area contributed by atoms with Crippen molar-refractivity contribution in [1.29, 1.82) is 0 Å². The lowest BCUT2D eigenvalue weighted by Gasteiger charge is -2.25. The van der Waals surface area contributed by atoms with Crippen LogP contribution < -0.4 is 4.31 Å². The van der Waals surface area contributed by atoms with E-state index in [-0.39, 0.29) is 4.90 Å². The van der Waals surface area contributed by atoms with Gasteiger partial charge in [-0.25, -0.2) is 8.42 Å². The number of hydrogen-bond acceptors (Lipinski definition) is 3. The van der Waals surface area contributed by atoms with E-state index in [9.17, 15) is 39.6 Å². The van der Waals surface area contributed by atoms with E-state index in [1.165, 1.54) is 18.2 Å². The lowest BCUT2D eigenvalue weighted by atomic mass is 10.1. The predicted molar refractivity (Wildman–Crippen MR) is 88.5 cm³/mol. The highest BCUT2D eigenvalue weighted by atomic mass is 32.2. The Hall–Kier alpha value is -2.56. The molecule has 0 radical (unpaired) electrons. The summed E-state index contributed by atoms with van der Waals surface area (Å²) in [5, 5.41) is 0. The van der Waals surface area contributed by atoms with E-state index in [0.717, 1.165) is 30.3 Å². The van der Waals surface area contributed by atoms with Gasteiger partial charge in [0.25, 0.3) is 15.8 Å². The van der Waals surface area contributed by atoms with Crippen LogP contribution in [0.1, 0.15) is 16.8 Å². The second kappa shape index (κ2) is 7.82. The lowest BCUT2D eigenvalue weighted by Crippen LogP contribution is -2.34. The van der Waals surface area contributed by atoms with Crippen molar-refractivity contribution in [2.75, 3.05) is 10.8 Å². The Kier molecular flexibility index (Phi) is 6.07. The SMILES string of the molecule is O=C(c1cccc(N(CCC(F)(F)F)S(=O)(=O)c2ccccc2)c1)C(F)(F)F. The highest BCUT2D eigenvalue weighted by molar-refractivity contribution is 7.92. The molecule has 4 nitrogen and oxygen atoms in total. The molecule has 2 aromatic carbocycles. The molecule has 0 aliphatic heterocycles. The van der Waals surface area contributed by atoms with Gasteiger partial charge in [0.2, 0.25) is 0 Å². The molecule has 0 aliphatic carbocycles. The van der Waals surface area contributed by atoms with Gasteiger partial charge in [0.1, 0.15) is 0 Å². The summed E-state index contributed by atoms with van der Waals surface area (Å²) in [7, 11) is -4.51. The quantitative estimate of drug-likeness (QED) is 0.503. The van der Waals surface area contributed by atoms with E-state index >= 15 is 0 Å². The summed E-state index contributed by atoms with van der Waals surface area (Å²) in [6, 6.07) is 9.85. The number of nitrogens with zero attached hydrogens (tertiary/aromatic N) is 1. The Morgan fingerprint density at radius 2 is 1.50 bits per heavy atom. The van der Waals surface area contributed by atoms with E-state index < -0.39 is 52.4 Å². The van der Waals surface area contributed by atoms with Crippen LogP contribution in [0.2, 0.25) is 0 Å². The monoisotopic (exact) mass is 425 g/mol. The van der Waals surface area contributed by atoms with Crippen LogP contribution in [0.3, 0.4) is 0 Å². The number of sulfonamides is 1. The largest absolute Gasteiger partial charge is 0.454 e. The summed E-state index contributed by atoms with van der Waals surface area (Å²) in [6.07, 6.45) is -11.5. The number of carbonyl (C=O) groups excluding carboxylic acids is 1. The molecule has 0 heterocycles. The number of anilines is 1. The van der Waals surface area contributed by atoms with Gasteiger partial charge in [-0.2, -0.15) is 26.3 Å². The summed E-state index contributed by atoms with van der Waals surface area (Å²) >= 11 is 0. The van der Waals surface area contributed by atoms with Gasteiger partial charge in [0.15, 0.2) is 0 Å². The van der Waals surface area contributed by atoms with E-state index in [1.807, 2.05) is 0 Å². The van der Waals surface area contributed by atoms with Gasteiger partial charge < -0.3 is 0 Å². The molecule has 0 fully saturated rings. The number of Topliss-reactive ketones (excluding diaryl/α,β-unsaturated/α-hetero) is 1. The van der Waals surface area contributed by atoms with E-state index in [2.05, 4.69) is 0 Å². The minimum absolute atomic E-state index is 0.336. The number of halogens is 6. The minimum Gasteiger partial charge on any atom is -0.284 e. The molecule has 0 unspecified atom stereocenters. The number of ketones is 1. The maximum atomic E-state index is 12.8. The molecule has 0 bridgehead atoms. The Balaban J connectivity index is 2.53. The molecule has 152 valence electrons. The molecule has 0 spiro atoms. The molecule has 0 atom stereocenters. The van der Waals surface area contributed by atoms with Crippen LogP contribution in [0, 0.1) is 0 Å². The van der Waals surface area contributed by atoms with Crippen molar-refractivity contribution in [1.82, 2.24) is 0 Å². The van der Waals surface area contributed by atoms with Crippen molar-refractivity contribution >= 4 is 21.5 Å². The summed E-state index contributed by atoms with van der Waals surface area (Å²) < 4.78 is 102. The van der Waals surface area contributed by atoms with E-state index in [4.69, 9.17) is 0 Å². The van der Waals surface area contributed by atoms with Crippen molar-refractivity contribution in [3.8, 4) is 0 Å². The van der Waals surface area contributed by atoms with Crippen molar-refractivity contribution in [2.24, 2.45) is 0 Å². The maximum Gasteiger partial charge on any atom is 0.454 e. The van der Waals surface area contributed by atoms with Crippen LogP contribution >= 0.6 is 0 Å². The van der Waals surface area contributed by atoms with E-state index in [0.29, 0.717) is 10.4 Å². The first-order chi connectivity index (χ1) is 12.8. The van der Waals surface area contributed by atoms with Crippen LogP contribution in [-0.4, -0.2) is 33.1 Å². The molecule has 2 rings (SSSR count). The smallest absolute Gasteiger partial charge is 0.284 e. The summed E-state index contributed by atoms with van der Waals surface area (Å²) in [5.74, 6) is -2.23. The lowest BCUT2D eigenvalue weighted by molar-refractivity contribution is -0.131. The van der Waals surface area contributed by atoms with Crippen LogP contribution in [0.15, 0.2) is 59.5 Å². The summed E-state index contributed by atoms with van der Waals surface area (Å²) in [5.41, 5.74) is -1.37. The van der Waals surface area contributed by atoms with Gasteiger partial charge in [-0.05, 0) is 24.3 Å². The second-order valence-electron chi connectivity index (χ2n) is 5.63.